The second kappa shape index (κ2) is 5.59. The van der Waals surface area contributed by atoms with Crippen molar-refractivity contribution in [2.45, 2.75) is 32.0 Å². The van der Waals surface area contributed by atoms with E-state index in [1.54, 1.807) is 12.5 Å². The molecule has 2 heterocycles. The summed E-state index contributed by atoms with van der Waals surface area (Å²) in [6.45, 7) is 2.19. The van der Waals surface area contributed by atoms with Crippen molar-refractivity contribution in [1.82, 2.24) is 0 Å². The second-order valence-electron chi connectivity index (χ2n) is 4.08. The van der Waals surface area contributed by atoms with E-state index in [-0.39, 0.29) is 12.2 Å². The molecule has 16 heavy (non-hydrogen) atoms. The third-order valence-electron chi connectivity index (χ3n) is 2.92. The molecule has 2 atom stereocenters. The largest absolute Gasteiger partial charge is 0.494 e. The minimum absolute atomic E-state index is 0.131. The Hall–Kier alpha value is -1.44. The molecular weight excluding hydrogens is 200 g/mol. The van der Waals surface area contributed by atoms with E-state index < -0.39 is 0 Å². The number of ether oxygens (including phenoxy) is 2. The average Bonchev–Trinajstić information content (AvgIpc) is 2.38. The van der Waals surface area contributed by atoms with Gasteiger partial charge in [-0.05, 0) is 30.7 Å². The van der Waals surface area contributed by atoms with Gasteiger partial charge in [-0.3, -0.25) is 0 Å². The van der Waals surface area contributed by atoms with Gasteiger partial charge in [0.25, 0.3) is 0 Å². The number of hydrogen-bond donors (Lipinski definition) is 0. The van der Waals surface area contributed by atoms with Gasteiger partial charge in [-0.2, -0.15) is 0 Å². The molecule has 2 heteroatoms. The lowest BCUT2D eigenvalue weighted by atomic mass is 9.89. The SMILES string of the molecule is CCCC(C1C=CC=CO1)C1C=CC=CO1. The topological polar surface area (TPSA) is 18.5 Å². The third-order valence-corrected chi connectivity index (χ3v) is 2.92. The van der Waals surface area contributed by atoms with Crippen molar-refractivity contribution in [3.8, 4) is 0 Å². The molecule has 0 amide bonds. The van der Waals surface area contributed by atoms with Crippen LogP contribution in [0.1, 0.15) is 19.8 Å². The minimum atomic E-state index is 0.131. The fourth-order valence-corrected chi connectivity index (χ4v) is 2.14. The van der Waals surface area contributed by atoms with Crippen LogP contribution in [0.5, 0.6) is 0 Å². The van der Waals surface area contributed by atoms with Gasteiger partial charge in [0.05, 0.1) is 12.5 Å². The molecule has 0 spiro atoms. The van der Waals surface area contributed by atoms with Crippen LogP contribution < -0.4 is 0 Å². The highest BCUT2D eigenvalue weighted by atomic mass is 16.5. The van der Waals surface area contributed by atoms with Crippen molar-refractivity contribution in [2.24, 2.45) is 5.92 Å². The van der Waals surface area contributed by atoms with Gasteiger partial charge >= 0.3 is 0 Å². The van der Waals surface area contributed by atoms with Gasteiger partial charge in [0.2, 0.25) is 0 Å². The molecule has 0 aromatic heterocycles. The third kappa shape index (κ3) is 2.57. The molecule has 2 aliphatic heterocycles. The van der Waals surface area contributed by atoms with E-state index in [1.165, 1.54) is 0 Å². The van der Waals surface area contributed by atoms with Gasteiger partial charge in [-0.1, -0.05) is 25.5 Å². The molecule has 2 nitrogen and oxygen atoms in total. The van der Waals surface area contributed by atoms with Crippen LogP contribution in [0.25, 0.3) is 0 Å². The highest BCUT2D eigenvalue weighted by molar-refractivity contribution is 5.14. The fraction of sp³-hybridized carbons (Fsp3) is 0.429. The Morgan fingerprint density at radius 2 is 1.50 bits per heavy atom. The predicted molar refractivity (Wildman–Crippen MR) is 64.7 cm³/mol. The summed E-state index contributed by atoms with van der Waals surface area (Å²) in [5.74, 6) is 0.382. The number of hydrogen-bond acceptors (Lipinski definition) is 2. The summed E-state index contributed by atoms with van der Waals surface area (Å²) in [5.41, 5.74) is 0. The van der Waals surface area contributed by atoms with Gasteiger partial charge in [0.15, 0.2) is 0 Å². The van der Waals surface area contributed by atoms with Gasteiger partial charge in [0.1, 0.15) is 12.2 Å². The van der Waals surface area contributed by atoms with E-state index in [0.29, 0.717) is 5.92 Å². The number of rotatable bonds is 4. The van der Waals surface area contributed by atoms with Crippen molar-refractivity contribution < 1.29 is 9.47 Å². The normalized spacial score (nSPS) is 28.6. The van der Waals surface area contributed by atoms with E-state index >= 15 is 0 Å². The maximum Gasteiger partial charge on any atom is 0.123 e. The highest BCUT2D eigenvalue weighted by Gasteiger charge is 2.28. The first-order valence-electron chi connectivity index (χ1n) is 5.89. The molecular formula is C14H18O2. The maximum atomic E-state index is 5.64. The standard InChI is InChI=1S/C14H18O2/c1-2-7-12(13-8-3-5-10-15-13)14-9-4-6-11-16-14/h3-6,8-14H,2,7H2,1H3. The number of allylic oxidation sites excluding steroid dienone is 4. The molecule has 0 bridgehead atoms. The molecule has 0 fully saturated rings. The Morgan fingerprint density at radius 3 is 1.88 bits per heavy atom. The zero-order valence-corrected chi connectivity index (χ0v) is 9.58. The van der Waals surface area contributed by atoms with Gasteiger partial charge in [0, 0.05) is 5.92 Å². The average molecular weight is 218 g/mol. The van der Waals surface area contributed by atoms with E-state index in [9.17, 15) is 0 Å². The van der Waals surface area contributed by atoms with Crippen LogP contribution in [-0.4, -0.2) is 12.2 Å². The summed E-state index contributed by atoms with van der Waals surface area (Å²) in [6.07, 6.45) is 18.1. The molecule has 2 unspecified atom stereocenters. The molecule has 0 aliphatic carbocycles. The second-order valence-corrected chi connectivity index (χ2v) is 4.08. The summed E-state index contributed by atoms with van der Waals surface area (Å²) in [6, 6.07) is 0. The van der Waals surface area contributed by atoms with Gasteiger partial charge in [-0.25, -0.2) is 0 Å². The zero-order chi connectivity index (χ0) is 11.2. The maximum absolute atomic E-state index is 5.64. The van der Waals surface area contributed by atoms with Crippen LogP contribution in [0.2, 0.25) is 0 Å². The van der Waals surface area contributed by atoms with Crippen LogP contribution in [0.3, 0.4) is 0 Å². The Labute approximate surface area is 96.9 Å². The molecule has 0 radical (unpaired) electrons. The van der Waals surface area contributed by atoms with Gasteiger partial charge < -0.3 is 9.47 Å². The molecule has 2 aliphatic rings. The van der Waals surface area contributed by atoms with E-state index in [4.69, 9.17) is 9.47 Å². The Kier molecular flexibility index (Phi) is 3.86. The van der Waals surface area contributed by atoms with Crippen molar-refractivity contribution in [1.29, 1.82) is 0 Å². The molecule has 0 N–H and O–H groups in total. The lowest BCUT2D eigenvalue weighted by Gasteiger charge is -2.31. The Bertz CT molecular complexity index is 296. The molecule has 0 saturated carbocycles. The van der Waals surface area contributed by atoms with Crippen LogP contribution in [0.15, 0.2) is 49.0 Å². The van der Waals surface area contributed by atoms with Crippen LogP contribution in [-0.2, 0) is 9.47 Å². The lowest BCUT2D eigenvalue weighted by Crippen LogP contribution is -2.32. The zero-order valence-electron chi connectivity index (χ0n) is 9.58. The summed E-state index contributed by atoms with van der Waals surface area (Å²) in [4.78, 5) is 0. The fourth-order valence-electron chi connectivity index (χ4n) is 2.14. The smallest absolute Gasteiger partial charge is 0.123 e. The van der Waals surface area contributed by atoms with Crippen LogP contribution >= 0.6 is 0 Å². The molecule has 86 valence electrons. The predicted octanol–water partition coefficient (Wildman–Crippen LogP) is 3.34. The van der Waals surface area contributed by atoms with Crippen LogP contribution in [0, 0.1) is 5.92 Å². The van der Waals surface area contributed by atoms with E-state index in [0.717, 1.165) is 12.8 Å². The molecule has 2 rings (SSSR count). The first-order chi connectivity index (χ1) is 7.92. The summed E-state index contributed by atoms with van der Waals surface area (Å²) >= 11 is 0. The summed E-state index contributed by atoms with van der Waals surface area (Å²) in [7, 11) is 0. The van der Waals surface area contributed by atoms with Crippen molar-refractivity contribution in [3.05, 3.63) is 49.0 Å². The van der Waals surface area contributed by atoms with Gasteiger partial charge in [-0.15, -0.1) is 0 Å². The van der Waals surface area contributed by atoms with Crippen molar-refractivity contribution in [3.63, 3.8) is 0 Å². The van der Waals surface area contributed by atoms with Crippen molar-refractivity contribution >= 4 is 0 Å². The molecule has 0 saturated heterocycles. The lowest BCUT2D eigenvalue weighted by molar-refractivity contribution is 0.0341. The Morgan fingerprint density at radius 1 is 0.938 bits per heavy atom. The van der Waals surface area contributed by atoms with E-state index in [1.807, 2.05) is 24.3 Å². The molecule has 0 aromatic rings. The first kappa shape index (κ1) is 11.1. The highest BCUT2D eigenvalue weighted by Crippen LogP contribution is 2.26. The van der Waals surface area contributed by atoms with Crippen molar-refractivity contribution in [2.75, 3.05) is 0 Å². The van der Waals surface area contributed by atoms with Crippen LogP contribution in [0.4, 0.5) is 0 Å². The monoisotopic (exact) mass is 218 g/mol. The minimum Gasteiger partial charge on any atom is -0.494 e. The molecule has 0 aromatic carbocycles. The first-order valence-corrected chi connectivity index (χ1v) is 5.89. The Balaban J connectivity index is 2.04. The quantitative estimate of drug-likeness (QED) is 0.720. The summed E-state index contributed by atoms with van der Waals surface area (Å²) < 4.78 is 11.3. The van der Waals surface area contributed by atoms with E-state index in [2.05, 4.69) is 19.1 Å². The summed E-state index contributed by atoms with van der Waals surface area (Å²) in [5, 5.41) is 0.